The molecule has 0 bridgehead atoms. The number of nitrogens with one attached hydrogen (secondary N) is 1. The first-order valence-electron chi connectivity index (χ1n) is 12.6. The molecule has 0 saturated carbocycles. The van der Waals surface area contributed by atoms with Crippen molar-refractivity contribution in [1.29, 1.82) is 0 Å². The monoisotopic (exact) mass is 488 g/mol. The summed E-state index contributed by atoms with van der Waals surface area (Å²) < 4.78 is 46.2. The Morgan fingerprint density at radius 3 is 2.83 bits per heavy atom. The molecule has 0 aromatic heterocycles. The summed E-state index contributed by atoms with van der Waals surface area (Å²) >= 11 is 0. The van der Waals surface area contributed by atoms with Crippen LogP contribution in [-0.4, -0.2) is 69.3 Å². The Morgan fingerprint density at radius 1 is 1.29 bits per heavy atom. The Morgan fingerprint density at radius 2 is 2.09 bits per heavy atom. The maximum atomic E-state index is 14.6. The third-order valence-electron chi connectivity index (χ3n) is 7.79. The van der Waals surface area contributed by atoms with Crippen molar-refractivity contribution < 1.29 is 27.8 Å². The fourth-order valence-corrected chi connectivity index (χ4v) is 5.95. The summed E-state index contributed by atoms with van der Waals surface area (Å²) in [5.41, 5.74) is 3.16. The number of esters is 1. The van der Waals surface area contributed by atoms with Crippen LogP contribution in [0.5, 0.6) is 11.5 Å². The molecular formula is C27H34F2N2O4. The first-order valence-corrected chi connectivity index (χ1v) is 12.6. The summed E-state index contributed by atoms with van der Waals surface area (Å²) in [6.45, 7) is 5.70. The number of ether oxygens (including phenoxy) is 3. The van der Waals surface area contributed by atoms with Crippen molar-refractivity contribution in [2.75, 3.05) is 46.4 Å². The quantitative estimate of drug-likeness (QED) is 0.587. The number of hydrogen-bond acceptors (Lipinski definition) is 6. The molecular weight excluding hydrogens is 454 g/mol. The number of benzene rings is 1. The van der Waals surface area contributed by atoms with Crippen LogP contribution in [-0.2, 0) is 9.53 Å². The van der Waals surface area contributed by atoms with Gasteiger partial charge in [0.2, 0.25) is 0 Å². The van der Waals surface area contributed by atoms with Crippen LogP contribution in [0, 0.1) is 11.8 Å². The second kappa shape index (κ2) is 9.90. The second-order valence-electron chi connectivity index (χ2n) is 10.1. The highest BCUT2D eigenvalue weighted by molar-refractivity contribution is 5.71. The summed E-state index contributed by atoms with van der Waals surface area (Å²) in [6, 6.07) is 5.73. The van der Waals surface area contributed by atoms with E-state index >= 15 is 0 Å². The van der Waals surface area contributed by atoms with E-state index in [-0.39, 0.29) is 30.3 Å². The molecule has 0 amide bonds. The highest BCUT2D eigenvalue weighted by Gasteiger charge is 2.45. The molecule has 2 aliphatic heterocycles. The summed E-state index contributed by atoms with van der Waals surface area (Å²) in [7, 11) is 1.39. The van der Waals surface area contributed by atoms with Crippen LogP contribution in [0.2, 0.25) is 0 Å². The number of alkyl halides is 2. The molecule has 35 heavy (non-hydrogen) atoms. The smallest absolute Gasteiger partial charge is 0.306 e. The molecule has 1 fully saturated rings. The third-order valence-corrected chi connectivity index (χ3v) is 7.79. The van der Waals surface area contributed by atoms with Gasteiger partial charge in [0.1, 0.15) is 17.6 Å². The lowest BCUT2D eigenvalue weighted by molar-refractivity contribution is -0.141. The molecule has 1 aromatic rings. The van der Waals surface area contributed by atoms with Crippen molar-refractivity contribution in [3.05, 3.63) is 47.1 Å². The molecule has 6 nitrogen and oxygen atoms in total. The van der Waals surface area contributed by atoms with Gasteiger partial charge in [-0.05, 0) is 31.4 Å². The number of fused-ring (bicyclic) bond motifs is 1. The van der Waals surface area contributed by atoms with Gasteiger partial charge in [-0.15, -0.1) is 0 Å². The zero-order chi connectivity index (χ0) is 24.6. The van der Waals surface area contributed by atoms with Gasteiger partial charge in [-0.25, -0.2) is 8.78 Å². The van der Waals surface area contributed by atoms with Gasteiger partial charge < -0.3 is 24.4 Å². The molecule has 0 spiro atoms. The molecule has 4 atom stereocenters. The normalized spacial score (nSPS) is 28.5. The topological polar surface area (TPSA) is 60.0 Å². The predicted molar refractivity (Wildman–Crippen MR) is 128 cm³/mol. The fourth-order valence-electron chi connectivity index (χ4n) is 5.95. The van der Waals surface area contributed by atoms with E-state index in [0.717, 1.165) is 68.4 Å². The number of piperazine rings is 1. The minimum Gasteiger partial charge on any atom is -0.492 e. The SMILES string of the molecule is COC(=O)C[C@@H]1COc2cc(O[C@@H]3CCC4=C3C=CC(C(C)(F)F)C4CN3CCNCC3)ccc21. The largest absolute Gasteiger partial charge is 0.492 e. The van der Waals surface area contributed by atoms with E-state index in [2.05, 4.69) is 10.2 Å². The van der Waals surface area contributed by atoms with E-state index in [4.69, 9.17) is 14.2 Å². The van der Waals surface area contributed by atoms with Crippen LogP contribution >= 0.6 is 0 Å². The number of nitrogens with zero attached hydrogens (tertiary/aromatic N) is 1. The second-order valence-corrected chi connectivity index (χ2v) is 10.1. The summed E-state index contributed by atoms with van der Waals surface area (Å²) in [4.78, 5) is 14.0. The third kappa shape index (κ3) is 5.09. The van der Waals surface area contributed by atoms with Gasteiger partial charge in [0, 0.05) is 62.1 Å². The van der Waals surface area contributed by atoms with Gasteiger partial charge in [0.15, 0.2) is 0 Å². The Bertz CT molecular complexity index is 1010. The van der Waals surface area contributed by atoms with Crippen LogP contribution < -0.4 is 14.8 Å². The fraction of sp³-hybridized carbons (Fsp3) is 0.593. The zero-order valence-corrected chi connectivity index (χ0v) is 20.4. The van der Waals surface area contributed by atoms with E-state index in [1.54, 1.807) is 6.08 Å². The molecule has 2 aliphatic carbocycles. The lowest BCUT2D eigenvalue weighted by Gasteiger charge is -2.38. The Kier molecular flexibility index (Phi) is 6.86. The molecule has 4 aliphatic rings. The average Bonchev–Trinajstić information content (AvgIpc) is 3.43. The maximum absolute atomic E-state index is 14.6. The molecule has 2 unspecified atom stereocenters. The standard InChI is InChI=1S/C27H34F2N2O4/c1-27(28,29)23-7-5-21-20(22(23)15-31-11-9-30-10-12-31)6-8-24(21)35-18-3-4-19-17(13-26(32)33-2)16-34-25(19)14-18/h3-5,7,14,17,22-24,30H,6,8-13,15-16H2,1-2H3/t17-,22?,23?,24-/m1/s1. The molecule has 1 aromatic carbocycles. The van der Waals surface area contributed by atoms with Crippen molar-refractivity contribution in [2.45, 2.75) is 44.1 Å². The van der Waals surface area contributed by atoms with E-state index in [0.29, 0.717) is 18.9 Å². The van der Waals surface area contributed by atoms with Crippen LogP contribution in [0.3, 0.4) is 0 Å². The molecule has 2 heterocycles. The lowest BCUT2D eigenvalue weighted by atomic mass is 9.76. The summed E-state index contributed by atoms with van der Waals surface area (Å²) in [5.74, 6) is -2.63. The van der Waals surface area contributed by atoms with Crippen LogP contribution in [0.25, 0.3) is 0 Å². The van der Waals surface area contributed by atoms with Gasteiger partial charge in [0.25, 0.3) is 5.92 Å². The molecule has 5 rings (SSSR count). The molecule has 8 heteroatoms. The number of rotatable bonds is 7. The predicted octanol–water partition coefficient (Wildman–Crippen LogP) is 3.93. The molecule has 1 saturated heterocycles. The van der Waals surface area contributed by atoms with E-state index < -0.39 is 11.8 Å². The highest BCUT2D eigenvalue weighted by Crippen LogP contribution is 2.47. The van der Waals surface area contributed by atoms with Crippen molar-refractivity contribution >= 4 is 5.97 Å². The lowest BCUT2D eigenvalue weighted by Crippen LogP contribution is -2.48. The van der Waals surface area contributed by atoms with Gasteiger partial charge in [-0.3, -0.25) is 4.79 Å². The van der Waals surface area contributed by atoms with Crippen LogP contribution in [0.15, 0.2) is 41.5 Å². The van der Waals surface area contributed by atoms with Crippen LogP contribution in [0.4, 0.5) is 8.78 Å². The van der Waals surface area contributed by atoms with E-state index in [9.17, 15) is 13.6 Å². The Labute approximate surface area is 205 Å². The first-order chi connectivity index (χ1) is 16.8. The maximum Gasteiger partial charge on any atom is 0.306 e. The number of methoxy groups -OCH3 is 1. The van der Waals surface area contributed by atoms with Crippen LogP contribution in [0.1, 0.15) is 37.7 Å². The number of halogens is 2. The molecule has 190 valence electrons. The van der Waals surface area contributed by atoms with Gasteiger partial charge in [-0.1, -0.05) is 23.8 Å². The van der Waals surface area contributed by atoms with Crippen molar-refractivity contribution in [3.63, 3.8) is 0 Å². The number of carbonyl (C=O) groups excluding carboxylic acids is 1. The van der Waals surface area contributed by atoms with Crippen molar-refractivity contribution in [2.24, 2.45) is 11.8 Å². The van der Waals surface area contributed by atoms with Gasteiger partial charge in [0.05, 0.1) is 20.1 Å². The number of allylic oxidation sites excluding steroid dienone is 1. The summed E-state index contributed by atoms with van der Waals surface area (Å²) in [5, 5.41) is 3.34. The average molecular weight is 489 g/mol. The van der Waals surface area contributed by atoms with Crippen molar-refractivity contribution in [1.82, 2.24) is 10.2 Å². The zero-order valence-electron chi connectivity index (χ0n) is 20.4. The number of hydrogen-bond donors (Lipinski definition) is 1. The Hall–Kier alpha value is -2.45. The Balaban J connectivity index is 1.32. The molecule has 1 N–H and O–H groups in total. The molecule has 0 radical (unpaired) electrons. The minimum absolute atomic E-state index is 0.0213. The van der Waals surface area contributed by atoms with Crippen molar-refractivity contribution in [3.8, 4) is 11.5 Å². The number of carbonyl (C=O) groups is 1. The van der Waals surface area contributed by atoms with E-state index in [1.165, 1.54) is 7.11 Å². The minimum atomic E-state index is -2.77. The van der Waals surface area contributed by atoms with Gasteiger partial charge >= 0.3 is 5.97 Å². The van der Waals surface area contributed by atoms with E-state index in [1.807, 2.05) is 24.3 Å². The summed E-state index contributed by atoms with van der Waals surface area (Å²) in [6.07, 6.45) is 5.25. The first kappa shape index (κ1) is 24.3. The highest BCUT2D eigenvalue weighted by atomic mass is 19.3. The van der Waals surface area contributed by atoms with Gasteiger partial charge in [-0.2, -0.15) is 0 Å².